The molecule has 9 heteroatoms. The van der Waals surface area contributed by atoms with Crippen LogP contribution in [-0.2, 0) is 4.74 Å². The van der Waals surface area contributed by atoms with Gasteiger partial charge >= 0.3 is 12.6 Å². The first-order chi connectivity index (χ1) is 14.7. The van der Waals surface area contributed by atoms with Gasteiger partial charge in [-0.25, -0.2) is 4.79 Å². The van der Waals surface area contributed by atoms with Gasteiger partial charge in [0.25, 0.3) is 0 Å². The normalized spacial score (nSPS) is 10.9. The minimum absolute atomic E-state index is 0.0329. The molecule has 5 nitrogen and oxygen atoms in total. The van der Waals surface area contributed by atoms with Crippen molar-refractivity contribution in [2.75, 3.05) is 6.61 Å². The molecule has 0 bridgehead atoms. The molecule has 3 aromatic rings. The van der Waals surface area contributed by atoms with E-state index in [4.69, 9.17) is 27.9 Å². The molecule has 162 valence electrons. The average Bonchev–Trinajstić information content (AvgIpc) is 2.99. The average molecular weight is 468 g/mol. The van der Waals surface area contributed by atoms with Crippen molar-refractivity contribution in [3.63, 3.8) is 0 Å². The Morgan fingerprint density at radius 2 is 1.61 bits per heavy atom. The Hall–Kier alpha value is -2.90. The molecule has 0 unspecified atom stereocenters. The second kappa shape index (κ2) is 9.49. The monoisotopic (exact) mass is 467 g/mol. The second-order valence-corrected chi connectivity index (χ2v) is 7.52. The summed E-state index contributed by atoms with van der Waals surface area (Å²) in [6.07, 6.45) is 0. The van der Waals surface area contributed by atoms with Crippen molar-refractivity contribution >= 4 is 35.0 Å². The SMILES string of the molecule is Cc1cc(C(=O)COC(=O)c2cc(Cl)cc(Cl)c2)c(C)n1-c1ccc(OC(F)F)cc1. The maximum Gasteiger partial charge on any atom is 0.387 e. The van der Waals surface area contributed by atoms with Gasteiger partial charge in [0.2, 0.25) is 5.78 Å². The number of ketones is 1. The van der Waals surface area contributed by atoms with Crippen LogP contribution < -0.4 is 4.74 Å². The number of Topliss-reactive ketones (excluding diaryl/α,β-unsaturated/α-hetero) is 1. The fourth-order valence-corrected chi connectivity index (χ4v) is 3.71. The number of hydrogen-bond donors (Lipinski definition) is 0. The summed E-state index contributed by atoms with van der Waals surface area (Å²) in [5.41, 5.74) is 2.55. The molecule has 0 saturated carbocycles. The molecule has 0 aliphatic carbocycles. The summed E-state index contributed by atoms with van der Waals surface area (Å²) in [6.45, 7) is 0.167. The van der Waals surface area contributed by atoms with E-state index in [0.717, 1.165) is 5.69 Å². The van der Waals surface area contributed by atoms with Gasteiger partial charge in [-0.2, -0.15) is 8.78 Å². The Balaban J connectivity index is 1.75. The number of nitrogens with zero attached hydrogens (tertiary/aromatic N) is 1. The quantitative estimate of drug-likeness (QED) is 0.313. The Morgan fingerprint density at radius 3 is 2.19 bits per heavy atom. The van der Waals surface area contributed by atoms with E-state index in [2.05, 4.69) is 4.74 Å². The van der Waals surface area contributed by atoms with E-state index < -0.39 is 25.0 Å². The van der Waals surface area contributed by atoms with E-state index in [1.165, 1.54) is 30.3 Å². The number of hydrogen-bond acceptors (Lipinski definition) is 4. The molecular weight excluding hydrogens is 451 g/mol. The lowest BCUT2D eigenvalue weighted by Crippen LogP contribution is -2.15. The van der Waals surface area contributed by atoms with Gasteiger partial charge in [-0.1, -0.05) is 23.2 Å². The number of aryl methyl sites for hydroxylation is 1. The highest BCUT2D eigenvalue weighted by molar-refractivity contribution is 6.35. The van der Waals surface area contributed by atoms with Crippen LogP contribution in [0.25, 0.3) is 5.69 Å². The van der Waals surface area contributed by atoms with Crippen LogP contribution in [-0.4, -0.2) is 29.5 Å². The van der Waals surface area contributed by atoms with Gasteiger partial charge in [0.05, 0.1) is 5.56 Å². The Labute approximate surface area is 187 Å². The number of halogens is 4. The minimum Gasteiger partial charge on any atom is -0.454 e. The molecule has 0 atom stereocenters. The summed E-state index contributed by atoms with van der Waals surface area (Å²) < 4.78 is 35.9. The standard InChI is InChI=1S/C22H17Cl2F2NO4/c1-12-7-19(13(2)27(12)17-3-5-18(6-4-17)31-22(25)26)20(28)11-30-21(29)14-8-15(23)10-16(24)9-14/h3-10,22H,11H2,1-2H3. The number of carbonyl (C=O) groups excluding carboxylic acids is 2. The molecule has 1 heterocycles. The van der Waals surface area contributed by atoms with E-state index in [0.29, 0.717) is 16.9 Å². The van der Waals surface area contributed by atoms with Crippen molar-refractivity contribution in [1.29, 1.82) is 0 Å². The number of aromatic nitrogens is 1. The van der Waals surface area contributed by atoms with Gasteiger partial charge in [-0.3, -0.25) is 4.79 Å². The molecule has 0 amide bonds. The molecule has 0 radical (unpaired) electrons. The van der Waals surface area contributed by atoms with Gasteiger partial charge < -0.3 is 14.0 Å². The number of ether oxygens (including phenoxy) is 2. The van der Waals surface area contributed by atoms with E-state index >= 15 is 0 Å². The minimum atomic E-state index is -2.91. The first kappa shape index (κ1) is 22.8. The Bertz CT molecular complexity index is 1110. The summed E-state index contributed by atoms with van der Waals surface area (Å²) in [5.74, 6) is -1.08. The molecule has 0 fully saturated rings. The van der Waals surface area contributed by atoms with Crippen molar-refractivity contribution in [3.8, 4) is 11.4 Å². The highest BCUT2D eigenvalue weighted by atomic mass is 35.5. The smallest absolute Gasteiger partial charge is 0.387 e. The van der Waals surface area contributed by atoms with E-state index in [-0.39, 0.29) is 21.4 Å². The van der Waals surface area contributed by atoms with E-state index in [9.17, 15) is 18.4 Å². The van der Waals surface area contributed by atoms with Crippen LogP contribution in [0, 0.1) is 13.8 Å². The molecule has 2 aromatic carbocycles. The van der Waals surface area contributed by atoms with Crippen molar-refractivity contribution < 1.29 is 27.8 Å². The van der Waals surface area contributed by atoms with Crippen LogP contribution >= 0.6 is 23.2 Å². The predicted molar refractivity (Wildman–Crippen MR) is 113 cm³/mol. The van der Waals surface area contributed by atoms with Gasteiger partial charge in [0, 0.05) is 32.7 Å². The molecule has 0 aliphatic rings. The summed E-state index contributed by atoms with van der Waals surface area (Å²) in [5, 5.41) is 0.554. The van der Waals surface area contributed by atoms with Crippen molar-refractivity contribution in [1.82, 2.24) is 4.57 Å². The topological polar surface area (TPSA) is 57.5 Å². The van der Waals surface area contributed by atoms with Gasteiger partial charge in [-0.05, 0) is 62.4 Å². The zero-order valence-corrected chi connectivity index (χ0v) is 18.0. The molecule has 0 saturated heterocycles. The lowest BCUT2D eigenvalue weighted by Gasteiger charge is -2.11. The molecule has 31 heavy (non-hydrogen) atoms. The first-order valence-corrected chi connectivity index (χ1v) is 9.82. The van der Waals surface area contributed by atoms with Gasteiger partial charge in [-0.15, -0.1) is 0 Å². The van der Waals surface area contributed by atoms with Gasteiger partial charge in [0.1, 0.15) is 5.75 Å². The fraction of sp³-hybridized carbons (Fsp3) is 0.182. The number of rotatable bonds is 7. The van der Waals surface area contributed by atoms with Crippen LogP contribution in [0.15, 0.2) is 48.5 Å². The number of alkyl halides is 2. The first-order valence-electron chi connectivity index (χ1n) is 9.06. The predicted octanol–water partition coefficient (Wildman–Crippen LogP) is 6.04. The lowest BCUT2D eigenvalue weighted by atomic mass is 10.1. The maximum absolute atomic E-state index is 12.7. The third kappa shape index (κ3) is 5.42. The van der Waals surface area contributed by atoms with Crippen molar-refractivity contribution in [3.05, 3.63) is 81.1 Å². The lowest BCUT2D eigenvalue weighted by molar-refractivity contribution is -0.0498. The number of carbonyl (C=O) groups is 2. The molecule has 0 aliphatic heterocycles. The summed E-state index contributed by atoms with van der Waals surface area (Å²) in [7, 11) is 0. The third-order valence-corrected chi connectivity index (χ3v) is 4.92. The molecule has 3 rings (SSSR count). The highest BCUT2D eigenvalue weighted by Gasteiger charge is 2.19. The molecule has 0 spiro atoms. The van der Waals surface area contributed by atoms with Crippen molar-refractivity contribution in [2.24, 2.45) is 0 Å². The zero-order valence-electron chi connectivity index (χ0n) is 16.5. The van der Waals surface area contributed by atoms with Crippen molar-refractivity contribution in [2.45, 2.75) is 20.5 Å². The maximum atomic E-state index is 12.7. The number of benzene rings is 2. The second-order valence-electron chi connectivity index (χ2n) is 6.65. The van der Waals surface area contributed by atoms with E-state index in [1.807, 2.05) is 0 Å². The molecule has 1 aromatic heterocycles. The van der Waals surface area contributed by atoms with Crippen LogP contribution in [0.1, 0.15) is 32.1 Å². The fourth-order valence-electron chi connectivity index (χ4n) is 3.18. The van der Waals surface area contributed by atoms with E-state index in [1.54, 1.807) is 36.6 Å². The number of esters is 1. The summed E-state index contributed by atoms with van der Waals surface area (Å²) >= 11 is 11.8. The Kier molecular flexibility index (Phi) is 6.97. The van der Waals surface area contributed by atoms with Crippen LogP contribution in [0.4, 0.5) is 8.78 Å². The van der Waals surface area contributed by atoms with Crippen LogP contribution in [0.3, 0.4) is 0 Å². The Morgan fingerprint density at radius 1 is 1.00 bits per heavy atom. The highest BCUT2D eigenvalue weighted by Crippen LogP contribution is 2.24. The zero-order chi connectivity index (χ0) is 22.7. The summed E-state index contributed by atoms with van der Waals surface area (Å²) in [6, 6.07) is 12.0. The van der Waals surface area contributed by atoms with Crippen LogP contribution in [0.5, 0.6) is 5.75 Å². The molecule has 0 N–H and O–H groups in total. The largest absolute Gasteiger partial charge is 0.454 e. The van der Waals surface area contributed by atoms with Crippen LogP contribution in [0.2, 0.25) is 10.0 Å². The third-order valence-electron chi connectivity index (χ3n) is 4.48. The summed E-state index contributed by atoms with van der Waals surface area (Å²) in [4.78, 5) is 24.9. The van der Waals surface area contributed by atoms with Gasteiger partial charge in [0.15, 0.2) is 6.61 Å². The molecular formula is C22H17Cl2F2NO4.